The SMILES string of the molecule is CCC(C)(CN)C(=O)N1CCCC(O)C1. The molecule has 2 atom stereocenters. The number of piperidine rings is 1. The van der Waals surface area contributed by atoms with Gasteiger partial charge >= 0.3 is 0 Å². The Kier molecular flexibility index (Phi) is 4.11. The largest absolute Gasteiger partial charge is 0.391 e. The first-order valence-electron chi connectivity index (χ1n) is 5.71. The van der Waals surface area contributed by atoms with E-state index in [0.717, 1.165) is 25.8 Å². The van der Waals surface area contributed by atoms with Gasteiger partial charge in [0.1, 0.15) is 0 Å². The van der Waals surface area contributed by atoms with Crippen LogP contribution in [0.3, 0.4) is 0 Å². The Bertz CT molecular complexity index is 227. The number of aliphatic hydroxyl groups excluding tert-OH is 1. The number of amides is 1. The van der Waals surface area contributed by atoms with Crippen LogP contribution >= 0.6 is 0 Å². The van der Waals surface area contributed by atoms with Gasteiger partial charge in [-0.2, -0.15) is 0 Å². The summed E-state index contributed by atoms with van der Waals surface area (Å²) in [5.41, 5.74) is 5.19. The maximum Gasteiger partial charge on any atom is 0.229 e. The fraction of sp³-hybridized carbons (Fsp3) is 0.909. The van der Waals surface area contributed by atoms with Crippen LogP contribution in [-0.4, -0.2) is 41.7 Å². The van der Waals surface area contributed by atoms with Crippen LogP contribution in [0, 0.1) is 5.41 Å². The van der Waals surface area contributed by atoms with Crippen LogP contribution < -0.4 is 5.73 Å². The molecule has 1 amide bonds. The molecule has 1 saturated heterocycles. The van der Waals surface area contributed by atoms with E-state index in [1.54, 1.807) is 4.90 Å². The number of hydrogen-bond acceptors (Lipinski definition) is 3. The smallest absolute Gasteiger partial charge is 0.229 e. The highest BCUT2D eigenvalue weighted by atomic mass is 16.3. The van der Waals surface area contributed by atoms with Crippen molar-refractivity contribution >= 4 is 5.91 Å². The lowest BCUT2D eigenvalue weighted by molar-refractivity contribution is -0.144. The van der Waals surface area contributed by atoms with E-state index in [2.05, 4.69) is 0 Å². The molecule has 1 aliphatic heterocycles. The summed E-state index contributed by atoms with van der Waals surface area (Å²) in [6.45, 7) is 5.47. The third-order valence-electron chi connectivity index (χ3n) is 3.43. The molecular formula is C11H22N2O2. The van der Waals surface area contributed by atoms with Gasteiger partial charge in [0.05, 0.1) is 11.5 Å². The zero-order valence-corrected chi connectivity index (χ0v) is 9.70. The van der Waals surface area contributed by atoms with E-state index in [1.807, 2.05) is 13.8 Å². The minimum absolute atomic E-state index is 0.0891. The van der Waals surface area contributed by atoms with Crippen molar-refractivity contribution in [2.75, 3.05) is 19.6 Å². The lowest BCUT2D eigenvalue weighted by Gasteiger charge is -2.36. The molecule has 1 fully saturated rings. The van der Waals surface area contributed by atoms with E-state index >= 15 is 0 Å². The zero-order valence-electron chi connectivity index (χ0n) is 9.70. The number of likely N-dealkylation sites (tertiary alicyclic amines) is 1. The van der Waals surface area contributed by atoms with Gasteiger partial charge in [-0.1, -0.05) is 6.92 Å². The molecule has 0 bridgehead atoms. The van der Waals surface area contributed by atoms with Crippen molar-refractivity contribution in [3.8, 4) is 0 Å². The van der Waals surface area contributed by atoms with Crippen LogP contribution in [-0.2, 0) is 4.79 Å². The number of β-amino-alcohol motifs (C(OH)–C–C–N with tert-alkyl or cyclic N) is 1. The summed E-state index contributed by atoms with van der Waals surface area (Å²) in [5.74, 6) is 0.0891. The van der Waals surface area contributed by atoms with Gasteiger partial charge in [0.25, 0.3) is 0 Å². The number of hydrogen-bond donors (Lipinski definition) is 2. The Hall–Kier alpha value is -0.610. The topological polar surface area (TPSA) is 66.6 Å². The molecule has 1 rings (SSSR count). The summed E-state index contributed by atoms with van der Waals surface area (Å²) in [5, 5.41) is 9.51. The lowest BCUT2D eigenvalue weighted by atomic mass is 9.85. The van der Waals surface area contributed by atoms with E-state index in [-0.39, 0.29) is 12.0 Å². The molecule has 15 heavy (non-hydrogen) atoms. The summed E-state index contributed by atoms with van der Waals surface area (Å²) >= 11 is 0. The van der Waals surface area contributed by atoms with Gasteiger partial charge in [0.15, 0.2) is 0 Å². The van der Waals surface area contributed by atoms with Gasteiger partial charge in [-0.05, 0) is 26.2 Å². The molecule has 3 N–H and O–H groups in total. The Labute approximate surface area is 91.4 Å². The number of carbonyl (C=O) groups excluding carboxylic acids is 1. The van der Waals surface area contributed by atoms with Gasteiger partial charge in [0.2, 0.25) is 5.91 Å². The van der Waals surface area contributed by atoms with Crippen LogP contribution in [0.2, 0.25) is 0 Å². The first-order chi connectivity index (χ1) is 7.03. The molecule has 0 aromatic heterocycles. The molecule has 0 aromatic rings. The van der Waals surface area contributed by atoms with Crippen LogP contribution in [0.4, 0.5) is 0 Å². The summed E-state index contributed by atoms with van der Waals surface area (Å²) < 4.78 is 0. The van der Waals surface area contributed by atoms with Crippen LogP contribution in [0.15, 0.2) is 0 Å². The van der Waals surface area contributed by atoms with E-state index in [9.17, 15) is 9.90 Å². The van der Waals surface area contributed by atoms with E-state index in [1.165, 1.54) is 0 Å². The van der Waals surface area contributed by atoms with Crippen LogP contribution in [0.1, 0.15) is 33.1 Å². The van der Waals surface area contributed by atoms with Gasteiger partial charge in [-0.15, -0.1) is 0 Å². The van der Waals surface area contributed by atoms with Crippen molar-refractivity contribution in [2.24, 2.45) is 11.1 Å². The summed E-state index contributed by atoms with van der Waals surface area (Å²) in [6, 6.07) is 0. The molecule has 0 aliphatic carbocycles. The number of nitrogens with zero attached hydrogens (tertiary/aromatic N) is 1. The van der Waals surface area contributed by atoms with Crippen molar-refractivity contribution < 1.29 is 9.90 Å². The molecule has 0 aromatic carbocycles. The van der Waals surface area contributed by atoms with E-state index in [4.69, 9.17) is 5.73 Å². The van der Waals surface area contributed by atoms with Gasteiger partial charge in [0, 0.05) is 19.6 Å². The fourth-order valence-electron chi connectivity index (χ4n) is 1.90. The zero-order chi connectivity index (χ0) is 11.5. The van der Waals surface area contributed by atoms with Crippen molar-refractivity contribution in [1.29, 1.82) is 0 Å². The molecule has 4 nitrogen and oxygen atoms in total. The third-order valence-corrected chi connectivity index (χ3v) is 3.43. The first-order valence-corrected chi connectivity index (χ1v) is 5.71. The highest BCUT2D eigenvalue weighted by molar-refractivity contribution is 5.82. The number of carbonyl (C=O) groups is 1. The van der Waals surface area contributed by atoms with Gasteiger partial charge in [-0.25, -0.2) is 0 Å². The summed E-state index contributed by atoms with van der Waals surface area (Å²) in [4.78, 5) is 13.9. The minimum Gasteiger partial charge on any atom is -0.391 e. The predicted molar refractivity (Wildman–Crippen MR) is 59.3 cm³/mol. The van der Waals surface area contributed by atoms with Crippen LogP contribution in [0.5, 0.6) is 0 Å². The quantitative estimate of drug-likeness (QED) is 0.712. The van der Waals surface area contributed by atoms with Crippen LogP contribution in [0.25, 0.3) is 0 Å². The number of rotatable bonds is 3. The second-order valence-corrected chi connectivity index (χ2v) is 4.67. The van der Waals surface area contributed by atoms with Crippen molar-refractivity contribution in [1.82, 2.24) is 4.90 Å². The lowest BCUT2D eigenvalue weighted by Crippen LogP contribution is -2.50. The maximum atomic E-state index is 12.2. The maximum absolute atomic E-state index is 12.2. The van der Waals surface area contributed by atoms with Crippen molar-refractivity contribution in [3.05, 3.63) is 0 Å². The molecule has 4 heteroatoms. The number of aliphatic hydroxyl groups is 1. The predicted octanol–water partition coefficient (Wildman–Crippen LogP) is 0.345. The molecule has 1 heterocycles. The molecule has 1 aliphatic rings. The highest BCUT2D eigenvalue weighted by Gasteiger charge is 2.35. The standard InChI is InChI=1S/C11H22N2O2/c1-3-11(2,8-12)10(15)13-6-4-5-9(14)7-13/h9,14H,3-8,12H2,1-2H3. The Morgan fingerprint density at radius 3 is 2.80 bits per heavy atom. The normalized spacial score (nSPS) is 26.1. The average molecular weight is 214 g/mol. The molecule has 0 spiro atoms. The average Bonchev–Trinajstić information content (AvgIpc) is 2.27. The minimum atomic E-state index is -0.461. The second kappa shape index (κ2) is 4.94. The Morgan fingerprint density at radius 2 is 2.33 bits per heavy atom. The van der Waals surface area contributed by atoms with E-state index in [0.29, 0.717) is 13.1 Å². The molecule has 2 unspecified atom stereocenters. The second-order valence-electron chi connectivity index (χ2n) is 4.67. The van der Waals surface area contributed by atoms with Gasteiger partial charge in [-0.3, -0.25) is 4.79 Å². The molecule has 88 valence electrons. The Morgan fingerprint density at radius 1 is 1.67 bits per heavy atom. The van der Waals surface area contributed by atoms with E-state index < -0.39 is 5.41 Å². The monoisotopic (exact) mass is 214 g/mol. The van der Waals surface area contributed by atoms with Crippen molar-refractivity contribution in [3.63, 3.8) is 0 Å². The highest BCUT2D eigenvalue weighted by Crippen LogP contribution is 2.24. The molecule has 0 saturated carbocycles. The number of nitrogens with two attached hydrogens (primary N) is 1. The molecule has 0 radical (unpaired) electrons. The summed E-state index contributed by atoms with van der Waals surface area (Å²) in [6.07, 6.45) is 2.07. The van der Waals surface area contributed by atoms with Crippen molar-refractivity contribution in [2.45, 2.75) is 39.2 Å². The third kappa shape index (κ3) is 2.69. The first kappa shape index (κ1) is 12.5. The van der Waals surface area contributed by atoms with Gasteiger partial charge < -0.3 is 15.7 Å². The Balaban J connectivity index is 2.66. The fourth-order valence-corrected chi connectivity index (χ4v) is 1.90. The molecular weight excluding hydrogens is 192 g/mol. The summed E-state index contributed by atoms with van der Waals surface area (Å²) in [7, 11) is 0.